The van der Waals surface area contributed by atoms with Crippen molar-refractivity contribution in [3.63, 3.8) is 0 Å². The van der Waals surface area contributed by atoms with E-state index in [0.717, 1.165) is 12.0 Å². The van der Waals surface area contributed by atoms with Crippen molar-refractivity contribution in [3.05, 3.63) is 46.8 Å². The Hall–Kier alpha value is -1.15. The topological polar surface area (TPSA) is 9.23 Å². The monoisotopic (exact) mass is 206 g/mol. The van der Waals surface area contributed by atoms with Crippen LogP contribution in [0.1, 0.15) is 31.9 Å². The third-order valence-corrected chi connectivity index (χ3v) is 2.96. The third kappa shape index (κ3) is 2.26. The standard InChI is InChI=1S/C13H15FO/c1-9-7-13(15-8-10(9)2)11-3-5-12(14)6-4-11/h3-6,13H,7-8H2,1-2H3/t13-/m1/s1. The summed E-state index contributed by atoms with van der Waals surface area (Å²) in [5.74, 6) is -0.196. The zero-order valence-electron chi connectivity index (χ0n) is 9.09. The summed E-state index contributed by atoms with van der Waals surface area (Å²) in [6.45, 7) is 4.92. The first kappa shape index (κ1) is 10.4. The minimum Gasteiger partial charge on any atom is -0.369 e. The maximum atomic E-state index is 12.7. The lowest BCUT2D eigenvalue weighted by molar-refractivity contribution is 0.0578. The molecule has 1 nitrogen and oxygen atoms in total. The minimum absolute atomic E-state index is 0.0919. The van der Waals surface area contributed by atoms with Crippen molar-refractivity contribution in [2.75, 3.05) is 6.61 Å². The van der Waals surface area contributed by atoms with Gasteiger partial charge in [0.2, 0.25) is 0 Å². The average molecular weight is 206 g/mol. The van der Waals surface area contributed by atoms with Crippen LogP contribution in [0.5, 0.6) is 0 Å². The van der Waals surface area contributed by atoms with E-state index in [1.165, 1.54) is 23.3 Å². The van der Waals surface area contributed by atoms with Gasteiger partial charge in [-0.05, 0) is 43.5 Å². The van der Waals surface area contributed by atoms with Crippen molar-refractivity contribution in [2.45, 2.75) is 26.4 Å². The molecule has 0 unspecified atom stereocenters. The highest BCUT2D eigenvalue weighted by Gasteiger charge is 2.18. The number of hydrogen-bond donors (Lipinski definition) is 0. The van der Waals surface area contributed by atoms with E-state index in [1.807, 2.05) is 0 Å². The van der Waals surface area contributed by atoms with E-state index < -0.39 is 0 Å². The van der Waals surface area contributed by atoms with E-state index in [1.54, 1.807) is 12.1 Å². The Balaban J connectivity index is 2.17. The molecule has 0 aromatic heterocycles. The second-order valence-corrected chi connectivity index (χ2v) is 4.12. The fourth-order valence-electron chi connectivity index (χ4n) is 1.75. The molecule has 0 bridgehead atoms. The van der Waals surface area contributed by atoms with E-state index in [9.17, 15) is 4.39 Å². The van der Waals surface area contributed by atoms with Crippen LogP contribution >= 0.6 is 0 Å². The van der Waals surface area contributed by atoms with Gasteiger partial charge in [0.1, 0.15) is 5.82 Å². The van der Waals surface area contributed by atoms with Crippen LogP contribution in [0.15, 0.2) is 35.4 Å². The Morgan fingerprint density at radius 2 is 1.80 bits per heavy atom. The molecule has 80 valence electrons. The van der Waals surface area contributed by atoms with Crippen LogP contribution in [0.4, 0.5) is 4.39 Å². The van der Waals surface area contributed by atoms with Crippen LogP contribution in [0.3, 0.4) is 0 Å². The van der Waals surface area contributed by atoms with Crippen molar-refractivity contribution in [1.29, 1.82) is 0 Å². The molecule has 0 saturated carbocycles. The van der Waals surface area contributed by atoms with E-state index in [4.69, 9.17) is 4.74 Å². The molecule has 1 aliphatic rings. The van der Waals surface area contributed by atoms with Gasteiger partial charge in [0, 0.05) is 0 Å². The summed E-state index contributed by atoms with van der Waals surface area (Å²) >= 11 is 0. The van der Waals surface area contributed by atoms with E-state index in [-0.39, 0.29) is 11.9 Å². The maximum Gasteiger partial charge on any atom is 0.123 e. The molecule has 0 saturated heterocycles. The summed E-state index contributed by atoms with van der Waals surface area (Å²) in [5.41, 5.74) is 3.76. The number of halogens is 1. The number of rotatable bonds is 1. The molecule has 0 fully saturated rings. The van der Waals surface area contributed by atoms with E-state index >= 15 is 0 Å². The molecule has 0 N–H and O–H groups in total. The SMILES string of the molecule is CC1=C(C)C[C@H](c2ccc(F)cc2)OC1. The average Bonchev–Trinajstić information content (AvgIpc) is 2.23. The molecule has 0 spiro atoms. The summed E-state index contributed by atoms with van der Waals surface area (Å²) in [6, 6.07) is 6.57. The molecular formula is C13H15FO. The summed E-state index contributed by atoms with van der Waals surface area (Å²) < 4.78 is 18.4. The van der Waals surface area contributed by atoms with Gasteiger partial charge in [-0.3, -0.25) is 0 Å². The zero-order valence-corrected chi connectivity index (χ0v) is 9.09. The first-order valence-electron chi connectivity index (χ1n) is 5.19. The number of benzene rings is 1. The smallest absolute Gasteiger partial charge is 0.123 e. The van der Waals surface area contributed by atoms with Crippen molar-refractivity contribution in [2.24, 2.45) is 0 Å². The molecule has 1 atom stereocenters. The third-order valence-electron chi connectivity index (χ3n) is 2.96. The summed E-state index contributed by atoms with van der Waals surface area (Å²) in [5, 5.41) is 0. The Bertz CT molecular complexity index is 378. The van der Waals surface area contributed by atoms with Crippen LogP contribution in [0.25, 0.3) is 0 Å². The molecule has 2 rings (SSSR count). The van der Waals surface area contributed by atoms with Gasteiger partial charge in [-0.15, -0.1) is 0 Å². The lowest BCUT2D eigenvalue weighted by Crippen LogP contribution is -2.13. The van der Waals surface area contributed by atoms with Crippen LogP contribution in [0, 0.1) is 5.82 Å². The maximum absolute atomic E-state index is 12.7. The second-order valence-electron chi connectivity index (χ2n) is 4.12. The van der Waals surface area contributed by atoms with Gasteiger partial charge in [0.05, 0.1) is 12.7 Å². The highest BCUT2D eigenvalue weighted by atomic mass is 19.1. The molecule has 1 aromatic carbocycles. The first-order valence-corrected chi connectivity index (χ1v) is 5.19. The molecule has 1 aliphatic heterocycles. The van der Waals surface area contributed by atoms with Gasteiger partial charge < -0.3 is 4.74 Å². The predicted molar refractivity (Wildman–Crippen MR) is 58.1 cm³/mol. The Morgan fingerprint density at radius 1 is 1.13 bits per heavy atom. The lowest BCUT2D eigenvalue weighted by atomic mass is 9.97. The molecule has 1 aromatic rings. The molecular weight excluding hydrogens is 191 g/mol. The minimum atomic E-state index is -0.196. The number of hydrogen-bond acceptors (Lipinski definition) is 1. The normalized spacial score (nSPS) is 21.9. The van der Waals surface area contributed by atoms with Gasteiger partial charge in [0.25, 0.3) is 0 Å². The van der Waals surface area contributed by atoms with Gasteiger partial charge in [0.15, 0.2) is 0 Å². The molecule has 0 radical (unpaired) electrons. The van der Waals surface area contributed by atoms with Gasteiger partial charge in [-0.2, -0.15) is 0 Å². The van der Waals surface area contributed by atoms with Gasteiger partial charge in [-0.1, -0.05) is 17.7 Å². The fraction of sp³-hybridized carbons (Fsp3) is 0.385. The largest absolute Gasteiger partial charge is 0.369 e. The van der Waals surface area contributed by atoms with Crippen molar-refractivity contribution in [1.82, 2.24) is 0 Å². The Kier molecular flexibility index (Phi) is 2.87. The summed E-state index contributed by atoms with van der Waals surface area (Å²) in [4.78, 5) is 0. The number of ether oxygens (including phenoxy) is 1. The van der Waals surface area contributed by atoms with Crippen molar-refractivity contribution >= 4 is 0 Å². The predicted octanol–water partition coefficient (Wildman–Crippen LogP) is 3.62. The quantitative estimate of drug-likeness (QED) is 0.637. The van der Waals surface area contributed by atoms with Crippen LogP contribution in [-0.2, 0) is 4.74 Å². The molecule has 0 aliphatic carbocycles. The van der Waals surface area contributed by atoms with E-state index in [0.29, 0.717) is 6.61 Å². The lowest BCUT2D eigenvalue weighted by Gasteiger charge is -2.25. The van der Waals surface area contributed by atoms with Gasteiger partial charge >= 0.3 is 0 Å². The zero-order chi connectivity index (χ0) is 10.8. The summed E-state index contributed by atoms with van der Waals surface area (Å²) in [7, 11) is 0. The van der Waals surface area contributed by atoms with Crippen molar-refractivity contribution < 1.29 is 9.13 Å². The second kappa shape index (κ2) is 4.15. The highest BCUT2D eigenvalue weighted by Crippen LogP contribution is 2.30. The first-order chi connectivity index (χ1) is 7.16. The molecule has 2 heteroatoms. The summed E-state index contributed by atoms with van der Waals surface area (Å²) in [6.07, 6.45) is 1.01. The van der Waals surface area contributed by atoms with Crippen LogP contribution in [-0.4, -0.2) is 6.61 Å². The molecule has 0 amide bonds. The van der Waals surface area contributed by atoms with Crippen molar-refractivity contribution in [3.8, 4) is 0 Å². The fourth-order valence-corrected chi connectivity index (χ4v) is 1.75. The molecule has 15 heavy (non-hydrogen) atoms. The van der Waals surface area contributed by atoms with Crippen LogP contribution in [0.2, 0.25) is 0 Å². The van der Waals surface area contributed by atoms with E-state index in [2.05, 4.69) is 13.8 Å². The molecule has 1 heterocycles. The highest BCUT2D eigenvalue weighted by molar-refractivity contribution is 5.23. The van der Waals surface area contributed by atoms with Crippen LogP contribution < -0.4 is 0 Å². The Morgan fingerprint density at radius 3 is 2.40 bits per heavy atom. The Labute approximate surface area is 89.6 Å². The van der Waals surface area contributed by atoms with Gasteiger partial charge in [-0.25, -0.2) is 4.39 Å².